The molecule has 0 aromatic heterocycles. The fraction of sp³-hybridized carbons (Fsp3) is 0.462. The number of ether oxygens (including phenoxy) is 1. The van der Waals surface area contributed by atoms with Crippen molar-refractivity contribution in [2.24, 2.45) is 0 Å². The number of amides is 2. The Bertz CT molecular complexity index is 917. The van der Waals surface area contributed by atoms with E-state index in [0.717, 1.165) is 36.1 Å². The van der Waals surface area contributed by atoms with Gasteiger partial charge in [-0.2, -0.15) is 0 Å². The predicted molar refractivity (Wildman–Crippen MR) is 121 cm³/mol. The van der Waals surface area contributed by atoms with Crippen LogP contribution in [0.1, 0.15) is 56.6 Å². The highest BCUT2D eigenvalue weighted by atomic mass is 16.5. The van der Waals surface area contributed by atoms with E-state index in [1.165, 1.54) is 0 Å². The first-order valence-electron chi connectivity index (χ1n) is 11.3. The number of benzene rings is 2. The normalized spacial score (nSPS) is 19.6. The minimum Gasteiger partial charge on any atom is -0.487 e. The molecule has 0 aliphatic carbocycles. The zero-order valence-electron chi connectivity index (χ0n) is 18.5. The molecule has 2 amide bonds. The van der Waals surface area contributed by atoms with Crippen molar-refractivity contribution in [3.63, 3.8) is 0 Å². The van der Waals surface area contributed by atoms with Gasteiger partial charge >= 0.3 is 0 Å². The number of hydrogen-bond acceptors (Lipinski definition) is 3. The van der Waals surface area contributed by atoms with Gasteiger partial charge in [-0.3, -0.25) is 9.59 Å². The molecular formula is C26H32N2O3. The molecule has 5 nitrogen and oxygen atoms in total. The van der Waals surface area contributed by atoms with Crippen LogP contribution >= 0.6 is 0 Å². The van der Waals surface area contributed by atoms with Crippen LogP contribution in [0, 0.1) is 0 Å². The average Bonchev–Trinajstić information content (AvgIpc) is 2.74. The number of carbonyl (C=O) groups is 2. The molecule has 1 N–H and O–H groups in total. The molecule has 0 radical (unpaired) electrons. The Balaban J connectivity index is 1.43. The van der Waals surface area contributed by atoms with Crippen molar-refractivity contribution in [3.05, 3.63) is 65.7 Å². The highest BCUT2D eigenvalue weighted by molar-refractivity contribution is 5.79. The van der Waals surface area contributed by atoms with Crippen LogP contribution in [0.5, 0.6) is 5.75 Å². The van der Waals surface area contributed by atoms with Crippen molar-refractivity contribution < 1.29 is 14.3 Å². The maximum absolute atomic E-state index is 12.8. The standard InChI is InChI=1S/C26H32N2O3/c1-19(2)27-24(29)17-21-18-26(31-23-11-7-6-10-22(21)23)12-14-28(15-13-26)25(30)16-20-8-4-3-5-9-20/h3-11,19,21H,12-18H2,1-2H3,(H,27,29). The summed E-state index contributed by atoms with van der Waals surface area (Å²) in [4.78, 5) is 27.3. The second-order valence-electron chi connectivity index (χ2n) is 9.19. The number of fused-ring (bicyclic) bond motifs is 1. The monoisotopic (exact) mass is 420 g/mol. The molecule has 0 saturated carbocycles. The molecule has 2 aliphatic heterocycles. The minimum absolute atomic E-state index is 0.0855. The largest absolute Gasteiger partial charge is 0.487 e. The van der Waals surface area contributed by atoms with Gasteiger partial charge in [-0.1, -0.05) is 48.5 Å². The smallest absolute Gasteiger partial charge is 0.226 e. The van der Waals surface area contributed by atoms with Crippen LogP contribution in [0.25, 0.3) is 0 Å². The van der Waals surface area contributed by atoms with Crippen molar-refractivity contribution in [1.82, 2.24) is 10.2 Å². The highest BCUT2D eigenvalue weighted by Gasteiger charge is 2.44. The van der Waals surface area contributed by atoms with Gasteiger partial charge in [-0.05, 0) is 37.5 Å². The first kappa shape index (κ1) is 21.4. The van der Waals surface area contributed by atoms with Crippen LogP contribution in [0.4, 0.5) is 0 Å². The van der Waals surface area contributed by atoms with Gasteiger partial charge in [0.1, 0.15) is 11.4 Å². The second-order valence-corrected chi connectivity index (χ2v) is 9.19. The number of hydrogen-bond donors (Lipinski definition) is 1. The lowest BCUT2D eigenvalue weighted by molar-refractivity contribution is -0.134. The van der Waals surface area contributed by atoms with Crippen molar-refractivity contribution in [3.8, 4) is 5.75 Å². The van der Waals surface area contributed by atoms with Crippen molar-refractivity contribution in [2.75, 3.05) is 13.1 Å². The van der Waals surface area contributed by atoms with E-state index in [1.54, 1.807) is 0 Å². The molecule has 5 heteroatoms. The fourth-order valence-electron chi connectivity index (χ4n) is 4.88. The Morgan fingerprint density at radius 3 is 2.45 bits per heavy atom. The van der Waals surface area contributed by atoms with E-state index < -0.39 is 0 Å². The van der Waals surface area contributed by atoms with Crippen molar-refractivity contribution in [1.29, 1.82) is 0 Å². The number of carbonyl (C=O) groups excluding carboxylic acids is 2. The summed E-state index contributed by atoms with van der Waals surface area (Å²) in [5.74, 6) is 1.28. The third-order valence-corrected chi connectivity index (χ3v) is 6.41. The van der Waals surface area contributed by atoms with Gasteiger partial charge < -0.3 is 15.0 Å². The molecule has 1 fully saturated rings. The second kappa shape index (κ2) is 9.13. The van der Waals surface area contributed by atoms with Crippen molar-refractivity contribution >= 4 is 11.8 Å². The average molecular weight is 421 g/mol. The van der Waals surface area contributed by atoms with Gasteiger partial charge in [-0.25, -0.2) is 0 Å². The van der Waals surface area contributed by atoms with Gasteiger partial charge in [-0.15, -0.1) is 0 Å². The molecule has 164 valence electrons. The summed E-state index contributed by atoms with van der Waals surface area (Å²) < 4.78 is 6.53. The van der Waals surface area contributed by atoms with E-state index in [1.807, 2.05) is 67.3 Å². The van der Waals surface area contributed by atoms with Crippen LogP contribution in [0.2, 0.25) is 0 Å². The summed E-state index contributed by atoms with van der Waals surface area (Å²) >= 11 is 0. The Morgan fingerprint density at radius 1 is 1.06 bits per heavy atom. The van der Waals surface area contributed by atoms with Crippen LogP contribution < -0.4 is 10.1 Å². The van der Waals surface area contributed by atoms with Gasteiger partial charge in [0, 0.05) is 44.3 Å². The van der Waals surface area contributed by atoms with E-state index in [4.69, 9.17) is 4.74 Å². The summed E-state index contributed by atoms with van der Waals surface area (Å²) in [7, 11) is 0. The molecule has 2 heterocycles. The topological polar surface area (TPSA) is 58.6 Å². The molecule has 1 saturated heterocycles. The minimum atomic E-state index is -0.305. The number of nitrogens with zero attached hydrogens (tertiary/aromatic N) is 1. The van der Waals surface area contributed by atoms with E-state index in [0.29, 0.717) is 25.9 Å². The highest BCUT2D eigenvalue weighted by Crippen LogP contribution is 2.46. The Hall–Kier alpha value is -2.82. The number of piperidine rings is 1. The number of nitrogens with one attached hydrogen (secondary N) is 1. The molecule has 2 aromatic rings. The molecule has 2 aromatic carbocycles. The summed E-state index contributed by atoms with van der Waals surface area (Å²) in [5, 5.41) is 3.02. The maximum atomic E-state index is 12.8. The van der Waals surface area contributed by atoms with Gasteiger partial charge in [0.2, 0.25) is 11.8 Å². The van der Waals surface area contributed by atoms with Crippen molar-refractivity contribution in [2.45, 2.75) is 63.5 Å². The third kappa shape index (κ3) is 5.09. The summed E-state index contributed by atoms with van der Waals surface area (Å²) in [5.41, 5.74) is 1.86. The zero-order chi connectivity index (χ0) is 21.8. The predicted octanol–water partition coefficient (Wildman–Crippen LogP) is 4.07. The van der Waals surface area contributed by atoms with Crippen LogP contribution in [-0.4, -0.2) is 41.4 Å². The quantitative estimate of drug-likeness (QED) is 0.793. The summed E-state index contributed by atoms with van der Waals surface area (Å²) in [6, 6.07) is 18.1. The molecule has 31 heavy (non-hydrogen) atoms. The lowest BCUT2D eigenvalue weighted by Gasteiger charge is -2.47. The van der Waals surface area contributed by atoms with Gasteiger partial charge in [0.15, 0.2) is 0 Å². The molecule has 1 atom stereocenters. The Kier molecular flexibility index (Phi) is 6.30. The first-order valence-corrected chi connectivity index (χ1v) is 11.3. The van der Waals surface area contributed by atoms with E-state index >= 15 is 0 Å². The molecule has 1 spiro atoms. The molecule has 2 aliphatic rings. The fourth-order valence-corrected chi connectivity index (χ4v) is 4.88. The SMILES string of the molecule is CC(C)NC(=O)CC1CC2(CCN(C(=O)Cc3ccccc3)CC2)Oc2ccccc21. The van der Waals surface area contributed by atoms with Gasteiger partial charge in [0.05, 0.1) is 6.42 Å². The summed E-state index contributed by atoms with van der Waals surface area (Å²) in [6.07, 6.45) is 3.32. The van der Waals surface area contributed by atoms with E-state index in [2.05, 4.69) is 11.4 Å². The Labute approximate surface area is 184 Å². The first-order chi connectivity index (χ1) is 14.9. The zero-order valence-corrected chi connectivity index (χ0v) is 18.5. The third-order valence-electron chi connectivity index (χ3n) is 6.41. The number of rotatable bonds is 5. The molecule has 0 bridgehead atoms. The summed E-state index contributed by atoms with van der Waals surface area (Å²) in [6.45, 7) is 5.36. The maximum Gasteiger partial charge on any atom is 0.226 e. The number of likely N-dealkylation sites (tertiary alicyclic amines) is 1. The van der Waals surface area contributed by atoms with Gasteiger partial charge in [0.25, 0.3) is 0 Å². The lowest BCUT2D eigenvalue weighted by Crippen LogP contribution is -2.52. The van der Waals surface area contributed by atoms with Crippen LogP contribution in [0.3, 0.4) is 0 Å². The Morgan fingerprint density at radius 2 is 1.74 bits per heavy atom. The molecule has 1 unspecified atom stereocenters. The van der Waals surface area contributed by atoms with Crippen LogP contribution in [-0.2, 0) is 16.0 Å². The number of para-hydroxylation sites is 1. The lowest BCUT2D eigenvalue weighted by atomic mass is 9.76. The van der Waals surface area contributed by atoms with E-state index in [9.17, 15) is 9.59 Å². The molecular weight excluding hydrogens is 388 g/mol. The van der Waals surface area contributed by atoms with Crippen LogP contribution in [0.15, 0.2) is 54.6 Å². The van der Waals surface area contributed by atoms with E-state index in [-0.39, 0.29) is 29.4 Å². The molecule has 4 rings (SSSR count).